The molecule has 0 aliphatic carbocycles. The third-order valence-electron chi connectivity index (χ3n) is 4.07. The van der Waals surface area contributed by atoms with Gasteiger partial charge in [0.2, 0.25) is 0 Å². The first-order chi connectivity index (χ1) is 14.0. The van der Waals surface area contributed by atoms with Crippen molar-refractivity contribution in [2.24, 2.45) is 0 Å². The maximum Gasteiger partial charge on any atom is 0.412 e. The second-order valence-corrected chi connectivity index (χ2v) is 7.03. The number of thioether (sulfide) groups is 1. The number of phenols is 1. The maximum atomic E-state index is 12.4. The lowest BCUT2D eigenvalue weighted by Gasteiger charge is -2.19. The van der Waals surface area contributed by atoms with Gasteiger partial charge in [0.15, 0.2) is 0 Å². The number of allylic oxidation sites excluding steroid dienone is 1. The molecule has 0 spiro atoms. The van der Waals surface area contributed by atoms with Crippen LogP contribution in [0.5, 0.6) is 5.75 Å². The summed E-state index contributed by atoms with van der Waals surface area (Å²) >= 11 is 1.61. The van der Waals surface area contributed by atoms with E-state index in [1.54, 1.807) is 42.1 Å². The fraction of sp³-hybridized carbons (Fsp3) is 0.238. The van der Waals surface area contributed by atoms with Gasteiger partial charge in [-0.3, -0.25) is 15.3 Å². The van der Waals surface area contributed by atoms with E-state index in [0.717, 1.165) is 10.5 Å². The Kier molecular flexibility index (Phi) is 9.07. The van der Waals surface area contributed by atoms with Crippen molar-refractivity contribution in [3.05, 3.63) is 66.2 Å². The highest BCUT2D eigenvalue weighted by Gasteiger charge is 2.17. The second-order valence-electron chi connectivity index (χ2n) is 6.15. The summed E-state index contributed by atoms with van der Waals surface area (Å²) in [6.07, 6.45) is 5.50. The van der Waals surface area contributed by atoms with E-state index in [-0.39, 0.29) is 5.75 Å². The monoisotopic (exact) mass is 416 g/mol. The number of hydrogen-bond donors (Lipinski definition) is 4. The molecular formula is C21H24N2O5S. The van der Waals surface area contributed by atoms with E-state index in [1.165, 1.54) is 23.7 Å². The lowest BCUT2D eigenvalue weighted by Crippen LogP contribution is -2.17. The van der Waals surface area contributed by atoms with Gasteiger partial charge in [-0.2, -0.15) is 0 Å². The number of phenolic OH excluding ortho intramolecular Hbond substituents is 1. The molecular weight excluding hydrogens is 392 g/mol. The van der Waals surface area contributed by atoms with Crippen LogP contribution in [0.4, 0.5) is 10.5 Å². The molecule has 154 valence electrons. The molecule has 29 heavy (non-hydrogen) atoms. The Labute approximate surface area is 173 Å². The van der Waals surface area contributed by atoms with Crippen LogP contribution in [0.1, 0.15) is 30.9 Å². The van der Waals surface area contributed by atoms with Gasteiger partial charge in [-0.1, -0.05) is 18.2 Å². The van der Waals surface area contributed by atoms with Crippen molar-refractivity contribution < 1.29 is 24.6 Å². The van der Waals surface area contributed by atoms with Crippen molar-refractivity contribution in [1.29, 1.82) is 0 Å². The van der Waals surface area contributed by atoms with Crippen LogP contribution in [0.25, 0.3) is 0 Å². The Morgan fingerprint density at radius 3 is 2.45 bits per heavy atom. The van der Waals surface area contributed by atoms with Gasteiger partial charge in [0.1, 0.15) is 11.9 Å². The van der Waals surface area contributed by atoms with Gasteiger partial charge >= 0.3 is 6.09 Å². The van der Waals surface area contributed by atoms with Gasteiger partial charge in [0.05, 0.1) is 0 Å². The number of amides is 2. The number of ether oxygens (including phenoxy) is 1. The number of aromatic hydroxyl groups is 1. The predicted octanol–water partition coefficient (Wildman–Crippen LogP) is 4.64. The van der Waals surface area contributed by atoms with E-state index in [2.05, 4.69) is 5.32 Å². The van der Waals surface area contributed by atoms with Crippen LogP contribution in [0.15, 0.2) is 65.6 Å². The zero-order valence-electron chi connectivity index (χ0n) is 16.0. The first kappa shape index (κ1) is 22.3. The Morgan fingerprint density at radius 1 is 1.14 bits per heavy atom. The number of carbonyl (C=O) groups excluding carboxylic acids is 2. The van der Waals surface area contributed by atoms with Crippen LogP contribution < -0.4 is 10.8 Å². The molecule has 2 amide bonds. The van der Waals surface area contributed by atoms with Crippen LogP contribution in [0.2, 0.25) is 0 Å². The third-order valence-corrected chi connectivity index (χ3v) is 4.81. The van der Waals surface area contributed by atoms with E-state index in [0.29, 0.717) is 24.9 Å². The minimum Gasteiger partial charge on any atom is -0.508 e. The Hall–Kier alpha value is -2.97. The van der Waals surface area contributed by atoms with Crippen molar-refractivity contribution in [2.75, 3.05) is 11.6 Å². The summed E-state index contributed by atoms with van der Waals surface area (Å²) in [5.74, 6) is -0.466. The molecule has 0 aliphatic rings. The van der Waals surface area contributed by atoms with E-state index < -0.39 is 18.1 Å². The predicted molar refractivity (Wildman–Crippen MR) is 112 cm³/mol. The molecule has 0 aromatic heterocycles. The second kappa shape index (κ2) is 11.8. The van der Waals surface area contributed by atoms with Crippen molar-refractivity contribution >= 4 is 29.4 Å². The van der Waals surface area contributed by atoms with E-state index in [4.69, 9.17) is 9.94 Å². The molecule has 0 saturated carbocycles. The number of nitrogens with one attached hydrogen (secondary N) is 2. The number of benzene rings is 2. The largest absolute Gasteiger partial charge is 0.508 e. The molecule has 0 heterocycles. The fourth-order valence-electron chi connectivity index (χ4n) is 2.58. The van der Waals surface area contributed by atoms with E-state index >= 15 is 0 Å². The summed E-state index contributed by atoms with van der Waals surface area (Å²) < 4.78 is 5.61. The molecule has 1 atom stereocenters. The Morgan fingerprint density at radius 2 is 1.83 bits per heavy atom. The standard InChI is InChI=1S/C21H24N2O5S/c1-29-18-13-9-16(10-14-18)22-21(26)28-19(15-7-11-17(24)12-8-15)5-3-2-4-6-20(25)23-27/h4,6-14,19,24,27H,2-3,5H2,1H3,(H,22,26)(H,23,25)/b6-4+/t19-/m1/s1. The number of hydroxylamine groups is 1. The van der Waals surface area contributed by atoms with Crippen molar-refractivity contribution in [3.63, 3.8) is 0 Å². The van der Waals surface area contributed by atoms with Gasteiger partial charge in [-0.15, -0.1) is 11.8 Å². The third kappa shape index (κ3) is 7.89. The average Bonchev–Trinajstić information content (AvgIpc) is 2.73. The van der Waals surface area contributed by atoms with Gasteiger partial charge in [0, 0.05) is 16.7 Å². The average molecular weight is 416 g/mol. The summed E-state index contributed by atoms with van der Waals surface area (Å²) in [6.45, 7) is 0. The lowest BCUT2D eigenvalue weighted by atomic mass is 10.0. The highest BCUT2D eigenvalue weighted by molar-refractivity contribution is 7.98. The van der Waals surface area contributed by atoms with Crippen molar-refractivity contribution in [1.82, 2.24) is 5.48 Å². The molecule has 2 aromatic carbocycles. The first-order valence-corrected chi connectivity index (χ1v) is 10.3. The van der Waals surface area contributed by atoms with Gasteiger partial charge in [-0.25, -0.2) is 10.3 Å². The van der Waals surface area contributed by atoms with Crippen LogP contribution in [0, 0.1) is 0 Å². The number of hydrogen-bond acceptors (Lipinski definition) is 6. The molecule has 0 radical (unpaired) electrons. The van der Waals surface area contributed by atoms with Gasteiger partial charge < -0.3 is 9.84 Å². The lowest BCUT2D eigenvalue weighted by molar-refractivity contribution is -0.124. The van der Waals surface area contributed by atoms with E-state index in [9.17, 15) is 14.7 Å². The molecule has 8 heteroatoms. The number of anilines is 1. The summed E-state index contributed by atoms with van der Waals surface area (Å²) in [5, 5.41) is 20.7. The molecule has 0 unspecified atom stereocenters. The van der Waals surface area contributed by atoms with Gasteiger partial charge in [-0.05, 0) is 67.5 Å². The van der Waals surface area contributed by atoms with Crippen LogP contribution in [0.3, 0.4) is 0 Å². The molecule has 2 aromatic rings. The molecule has 0 fully saturated rings. The zero-order chi connectivity index (χ0) is 21.1. The highest BCUT2D eigenvalue weighted by atomic mass is 32.2. The Balaban J connectivity index is 1.98. The van der Waals surface area contributed by atoms with Crippen molar-refractivity contribution in [2.45, 2.75) is 30.3 Å². The molecule has 7 nitrogen and oxygen atoms in total. The summed E-state index contributed by atoms with van der Waals surface area (Å²) in [7, 11) is 0. The summed E-state index contributed by atoms with van der Waals surface area (Å²) in [6, 6.07) is 13.9. The highest BCUT2D eigenvalue weighted by Crippen LogP contribution is 2.26. The zero-order valence-corrected chi connectivity index (χ0v) is 16.8. The maximum absolute atomic E-state index is 12.4. The first-order valence-electron chi connectivity index (χ1n) is 9.03. The quantitative estimate of drug-likeness (QED) is 0.156. The minimum atomic E-state index is -0.594. The minimum absolute atomic E-state index is 0.129. The van der Waals surface area contributed by atoms with Crippen LogP contribution >= 0.6 is 11.8 Å². The molecule has 0 saturated heterocycles. The molecule has 2 rings (SSSR count). The molecule has 0 aliphatic heterocycles. The topological polar surface area (TPSA) is 108 Å². The van der Waals surface area contributed by atoms with Gasteiger partial charge in [0.25, 0.3) is 5.91 Å². The Bertz CT molecular complexity index is 822. The van der Waals surface area contributed by atoms with Crippen LogP contribution in [-0.4, -0.2) is 28.6 Å². The smallest absolute Gasteiger partial charge is 0.412 e. The van der Waals surface area contributed by atoms with Crippen LogP contribution in [-0.2, 0) is 9.53 Å². The van der Waals surface area contributed by atoms with Crippen molar-refractivity contribution in [3.8, 4) is 5.75 Å². The number of rotatable bonds is 9. The SMILES string of the molecule is CSc1ccc(NC(=O)O[C@H](CCC/C=C/C(=O)NO)c2ccc(O)cc2)cc1. The number of unbranched alkanes of at least 4 members (excludes halogenated alkanes) is 1. The molecule has 4 N–H and O–H groups in total. The summed E-state index contributed by atoms with van der Waals surface area (Å²) in [4.78, 5) is 24.4. The van der Waals surface area contributed by atoms with E-state index in [1.807, 2.05) is 18.4 Å². The fourth-order valence-corrected chi connectivity index (χ4v) is 2.99. The normalized spacial score (nSPS) is 11.8. The molecule has 0 bridgehead atoms. The summed E-state index contributed by atoms with van der Waals surface area (Å²) in [5.41, 5.74) is 2.92. The number of carbonyl (C=O) groups is 2.